The molecule has 0 radical (unpaired) electrons. The average molecular weight is 353 g/mol. The minimum absolute atomic E-state index is 0.00617. The fourth-order valence-corrected chi connectivity index (χ4v) is 3.01. The quantitative estimate of drug-likeness (QED) is 0.710. The maximum atomic E-state index is 12.7. The Kier molecular flexibility index (Phi) is 5.41. The molecule has 0 aliphatic heterocycles. The molecule has 6 nitrogen and oxygen atoms in total. The van der Waals surface area contributed by atoms with Gasteiger partial charge >= 0.3 is 5.69 Å². The smallest absolute Gasteiger partial charge is 0.329 e. The van der Waals surface area contributed by atoms with Crippen molar-refractivity contribution >= 4 is 16.9 Å². The van der Waals surface area contributed by atoms with Gasteiger partial charge in [0, 0.05) is 13.1 Å². The van der Waals surface area contributed by atoms with E-state index in [0.29, 0.717) is 13.1 Å². The van der Waals surface area contributed by atoms with E-state index in [1.165, 1.54) is 4.57 Å². The lowest BCUT2D eigenvalue weighted by Gasteiger charge is -2.07. The number of para-hydroxylation sites is 2. The molecule has 1 aromatic heterocycles. The fraction of sp³-hybridized carbons (Fsp3) is 0.300. The van der Waals surface area contributed by atoms with Gasteiger partial charge in [-0.05, 0) is 36.2 Å². The van der Waals surface area contributed by atoms with E-state index in [1.807, 2.05) is 55.5 Å². The lowest BCUT2D eigenvalue weighted by Crippen LogP contribution is -2.32. The number of fused-ring (bicyclic) bond motifs is 1. The maximum Gasteiger partial charge on any atom is 0.329 e. The number of aromatic nitrogens is 2. The molecule has 3 rings (SSSR count). The first-order valence-corrected chi connectivity index (χ1v) is 8.71. The van der Waals surface area contributed by atoms with Crippen molar-refractivity contribution in [2.75, 3.05) is 7.11 Å². The van der Waals surface area contributed by atoms with Crippen LogP contribution in [0.3, 0.4) is 0 Å². The topological polar surface area (TPSA) is 65.3 Å². The molecule has 0 aliphatic rings. The zero-order valence-corrected chi connectivity index (χ0v) is 15.1. The van der Waals surface area contributed by atoms with Gasteiger partial charge in [-0.3, -0.25) is 13.9 Å². The number of carbonyl (C=O) groups is 1. The molecule has 1 N–H and O–H groups in total. The zero-order chi connectivity index (χ0) is 18.5. The Labute approximate surface area is 152 Å². The first-order valence-electron chi connectivity index (χ1n) is 8.71. The maximum absolute atomic E-state index is 12.7. The highest BCUT2D eigenvalue weighted by Gasteiger charge is 2.14. The Balaban J connectivity index is 1.74. The van der Waals surface area contributed by atoms with Gasteiger partial charge in [-0.2, -0.15) is 0 Å². The third-order valence-electron chi connectivity index (χ3n) is 4.32. The summed E-state index contributed by atoms with van der Waals surface area (Å²) in [5.74, 6) is 0.581. The number of methoxy groups -OCH3 is 1. The number of carbonyl (C=O) groups excluding carboxylic acids is 1. The summed E-state index contributed by atoms with van der Waals surface area (Å²) in [7, 11) is 1.61. The second-order valence-electron chi connectivity index (χ2n) is 6.13. The summed E-state index contributed by atoms with van der Waals surface area (Å²) in [6, 6.07) is 15.1. The van der Waals surface area contributed by atoms with E-state index in [2.05, 4.69) is 5.32 Å². The molecular weight excluding hydrogens is 330 g/mol. The molecule has 1 heterocycles. The molecule has 0 fully saturated rings. The van der Waals surface area contributed by atoms with E-state index in [9.17, 15) is 9.59 Å². The van der Waals surface area contributed by atoms with Crippen molar-refractivity contribution in [1.29, 1.82) is 0 Å². The van der Waals surface area contributed by atoms with Crippen LogP contribution in [0, 0.1) is 0 Å². The Morgan fingerprint density at radius 3 is 2.31 bits per heavy atom. The summed E-state index contributed by atoms with van der Waals surface area (Å²) in [5.41, 5.74) is 2.47. The number of benzene rings is 2. The lowest BCUT2D eigenvalue weighted by atomic mass is 10.2. The highest BCUT2D eigenvalue weighted by molar-refractivity contribution is 5.80. The van der Waals surface area contributed by atoms with Crippen molar-refractivity contribution in [3.05, 3.63) is 64.6 Å². The molecule has 0 unspecified atom stereocenters. The van der Waals surface area contributed by atoms with Crippen LogP contribution in [0.2, 0.25) is 0 Å². The zero-order valence-electron chi connectivity index (χ0n) is 15.1. The Morgan fingerprint density at radius 2 is 1.69 bits per heavy atom. The molecule has 0 spiro atoms. The summed E-state index contributed by atoms with van der Waals surface area (Å²) < 4.78 is 8.39. The molecule has 1 amide bonds. The molecule has 0 atom stereocenters. The molecule has 0 bridgehead atoms. The van der Waals surface area contributed by atoms with E-state index in [1.54, 1.807) is 11.7 Å². The molecule has 2 aromatic carbocycles. The number of hydrogen-bond acceptors (Lipinski definition) is 3. The first kappa shape index (κ1) is 17.8. The second kappa shape index (κ2) is 7.91. The summed E-state index contributed by atoms with van der Waals surface area (Å²) in [6.07, 6.45) is 0.859. The number of rotatable bonds is 7. The largest absolute Gasteiger partial charge is 0.497 e. The minimum Gasteiger partial charge on any atom is -0.497 e. The number of nitrogens with one attached hydrogen (secondary N) is 1. The van der Waals surface area contributed by atoms with Gasteiger partial charge in [-0.1, -0.05) is 31.2 Å². The van der Waals surface area contributed by atoms with Gasteiger partial charge in [0.1, 0.15) is 12.3 Å². The van der Waals surface area contributed by atoms with Crippen LogP contribution in [-0.2, 0) is 24.4 Å². The third kappa shape index (κ3) is 3.64. The van der Waals surface area contributed by atoms with Crippen LogP contribution >= 0.6 is 0 Å². The first-order chi connectivity index (χ1) is 12.6. The van der Waals surface area contributed by atoms with Crippen molar-refractivity contribution in [3.63, 3.8) is 0 Å². The van der Waals surface area contributed by atoms with E-state index >= 15 is 0 Å². The Bertz CT molecular complexity index is 955. The van der Waals surface area contributed by atoms with Crippen LogP contribution in [0.15, 0.2) is 53.3 Å². The summed E-state index contributed by atoms with van der Waals surface area (Å²) in [5, 5.41) is 2.87. The molecule has 26 heavy (non-hydrogen) atoms. The van der Waals surface area contributed by atoms with Gasteiger partial charge in [0.2, 0.25) is 5.91 Å². The number of nitrogens with zero attached hydrogens (tertiary/aromatic N) is 2. The highest BCUT2D eigenvalue weighted by atomic mass is 16.5. The van der Waals surface area contributed by atoms with Crippen LogP contribution < -0.4 is 15.7 Å². The fourth-order valence-electron chi connectivity index (χ4n) is 3.01. The van der Waals surface area contributed by atoms with Gasteiger partial charge in [0.05, 0.1) is 18.1 Å². The number of hydrogen-bond donors (Lipinski definition) is 1. The van der Waals surface area contributed by atoms with E-state index in [-0.39, 0.29) is 18.1 Å². The van der Waals surface area contributed by atoms with Gasteiger partial charge < -0.3 is 10.1 Å². The van der Waals surface area contributed by atoms with Crippen LogP contribution in [0.4, 0.5) is 0 Å². The summed E-state index contributed by atoms with van der Waals surface area (Å²) >= 11 is 0. The number of amides is 1. The van der Waals surface area contributed by atoms with Gasteiger partial charge in [-0.25, -0.2) is 4.79 Å². The number of aryl methyl sites for hydroxylation is 1. The highest BCUT2D eigenvalue weighted by Crippen LogP contribution is 2.13. The van der Waals surface area contributed by atoms with Crippen LogP contribution in [-0.4, -0.2) is 22.2 Å². The summed E-state index contributed by atoms with van der Waals surface area (Å²) in [4.78, 5) is 25.1. The molecular formula is C20H23N3O3. The molecule has 3 aromatic rings. The van der Waals surface area contributed by atoms with Crippen LogP contribution in [0.1, 0.15) is 18.9 Å². The number of ether oxygens (including phenoxy) is 1. The second-order valence-corrected chi connectivity index (χ2v) is 6.13. The molecule has 0 aliphatic carbocycles. The van der Waals surface area contributed by atoms with Crippen molar-refractivity contribution < 1.29 is 9.53 Å². The van der Waals surface area contributed by atoms with Crippen LogP contribution in [0.25, 0.3) is 11.0 Å². The summed E-state index contributed by atoms with van der Waals surface area (Å²) in [6.45, 7) is 3.08. The molecule has 0 saturated heterocycles. The van der Waals surface area contributed by atoms with Crippen molar-refractivity contribution in [3.8, 4) is 5.75 Å². The van der Waals surface area contributed by atoms with Gasteiger partial charge in [0.15, 0.2) is 0 Å². The Morgan fingerprint density at radius 1 is 1.04 bits per heavy atom. The third-order valence-corrected chi connectivity index (χ3v) is 4.32. The molecule has 0 saturated carbocycles. The van der Waals surface area contributed by atoms with Gasteiger partial charge in [-0.15, -0.1) is 0 Å². The SMILES string of the molecule is CCCn1c(=O)n(CC(=O)NCc2ccc(OC)cc2)c2ccccc21. The standard InChI is InChI=1S/C20H23N3O3/c1-3-12-22-17-6-4-5-7-18(17)23(20(22)25)14-19(24)21-13-15-8-10-16(26-2)11-9-15/h4-11H,3,12-14H2,1-2H3,(H,21,24). The Hall–Kier alpha value is -3.02. The normalized spacial score (nSPS) is 10.8. The monoisotopic (exact) mass is 353 g/mol. The average Bonchev–Trinajstić information content (AvgIpc) is 2.93. The minimum atomic E-state index is -0.192. The lowest BCUT2D eigenvalue weighted by molar-refractivity contribution is -0.121. The van der Waals surface area contributed by atoms with E-state index < -0.39 is 0 Å². The van der Waals surface area contributed by atoms with Gasteiger partial charge in [0.25, 0.3) is 0 Å². The van der Waals surface area contributed by atoms with Crippen molar-refractivity contribution in [1.82, 2.24) is 14.5 Å². The number of imidazole rings is 1. The predicted molar refractivity (Wildman–Crippen MR) is 101 cm³/mol. The molecule has 136 valence electrons. The molecule has 6 heteroatoms. The van der Waals surface area contributed by atoms with Crippen molar-refractivity contribution in [2.24, 2.45) is 0 Å². The van der Waals surface area contributed by atoms with E-state index in [4.69, 9.17) is 4.74 Å². The van der Waals surface area contributed by atoms with Crippen LogP contribution in [0.5, 0.6) is 5.75 Å². The van der Waals surface area contributed by atoms with E-state index in [0.717, 1.165) is 28.8 Å². The van der Waals surface area contributed by atoms with Crippen molar-refractivity contribution in [2.45, 2.75) is 33.0 Å². The predicted octanol–water partition coefficient (Wildman–Crippen LogP) is 2.54.